The first-order valence-corrected chi connectivity index (χ1v) is 9.16. The summed E-state index contributed by atoms with van der Waals surface area (Å²) in [6, 6.07) is 21.5. The molecule has 0 saturated carbocycles. The first-order chi connectivity index (χ1) is 11.8. The molecule has 1 nitrogen and oxygen atoms in total. The van der Waals surface area contributed by atoms with Gasteiger partial charge in [0.15, 0.2) is 0 Å². The zero-order valence-corrected chi connectivity index (χ0v) is 14.6. The maximum atomic E-state index is 6.03. The molecule has 24 heavy (non-hydrogen) atoms. The minimum absolute atomic E-state index is 0.803. The minimum Gasteiger partial charge on any atom is -0.344 e. The van der Waals surface area contributed by atoms with Crippen molar-refractivity contribution in [2.45, 2.75) is 38.6 Å². The first kappa shape index (κ1) is 15.5. The lowest BCUT2D eigenvalue weighted by molar-refractivity contribution is 0.622. The van der Waals surface area contributed by atoms with Crippen molar-refractivity contribution in [3.05, 3.63) is 93.8 Å². The molecule has 0 spiro atoms. The van der Waals surface area contributed by atoms with Gasteiger partial charge >= 0.3 is 0 Å². The Labute approximate surface area is 148 Å². The largest absolute Gasteiger partial charge is 0.344 e. The quantitative estimate of drug-likeness (QED) is 0.579. The summed E-state index contributed by atoms with van der Waals surface area (Å²) in [5, 5.41) is 0.803. The van der Waals surface area contributed by atoms with Crippen molar-refractivity contribution in [2.75, 3.05) is 0 Å². The molecule has 0 aliphatic heterocycles. The normalized spacial score (nSPS) is 13.7. The number of aromatic nitrogens is 1. The van der Waals surface area contributed by atoms with E-state index in [1.807, 2.05) is 12.1 Å². The summed E-state index contributed by atoms with van der Waals surface area (Å²) in [6.45, 7) is 0.971. The van der Waals surface area contributed by atoms with Crippen LogP contribution in [0.15, 0.2) is 60.7 Å². The van der Waals surface area contributed by atoms with Gasteiger partial charge in [0.05, 0.1) is 0 Å². The van der Waals surface area contributed by atoms with Gasteiger partial charge in [-0.05, 0) is 60.6 Å². The van der Waals surface area contributed by atoms with Gasteiger partial charge in [-0.2, -0.15) is 0 Å². The van der Waals surface area contributed by atoms with E-state index in [0.29, 0.717) is 0 Å². The molecular weight excluding hydrogens is 314 g/mol. The molecule has 0 radical (unpaired) electrons. The molecule has 0 saturated heterocycles. The standard InChI is InChI=1S/C22H22ClN/c23-20-12-10-17(11-13-20)14-21-15-19-8-4-5-9-22(19)24(21)16-18-6-2-1-3-7-18/h1-3,6-7,10-13,15H,4-5,8-9,14,16H2. The van der Waals surface area contributed by atoms with Crippen molar-refractivity contribution < 1.29 is 0 Å². The molecule has 122 valence electrons. The maximum absolute atomic E-state index is 6.03. The van der Waals surface area contributed by atoms with E-state index < -0.39 is 0 Å². The van der Waals surface area contributed by atoms with Crippen LogP contribution in [-0.2, 0) is 25.8 Å². The van der Waals surface area contributed by atoms with Crippen LogP contribution in [-0.4, -0.2) is 4.57 Å². The Balaban J connectivity index is 1.69. The van der Waals surface area contributed by atoms with E-state index in [4.69, 9.17) is 11.6 Å². The predicted molar refractivity (Wildman–Crippen MR) is 101 cm³/mol. The van der Waals surface area contributed by atoms with Crippen molar-refractivity contribution in [1.82, 2.24) is 4.57 Å². The van der Waals surface area contributed by atoms with E-state index in [-0.39, 0.29) is 0 Å². The zero-order valence-electron chi connectivity index (χ0n) is 13.8. The van der Waals surface area contributed by atoms with E-state index in [9.17, 15) is 0 Å². The van der Waals surface area contributed by atoms with Crippen LogP contribution in [0.1, 0.15) is 40.9 Å². The number of hydrogen-bond acceptors (Lipinski definition) is 0. The van der Waals surface area contributed by atoms with Gasteiger partial charge in [0.1, 0.15) is 0 Å². The van der Waals surface area contributed by atoms with Crippen LogP contribution in [0, 0.1) is 0 Å². The molecule has 0 amide bonds. The second kappa shape index (κ2) is 6.86. The molecule has 0 atom stereocenters. The summed E-state index contributed by atoms with van der Waals surface area (Å²) in [5.41, 5.74) is 7.23. The maximum Gasteiger partial charge on any atom is 0.0475 e. The minimum atomic E-state index is 0.803. The van der Waals surface area contributed by atoms with Crippen molar-refractivity contribution >= 4 is 11.6 Å². The molecule has 0 bridgehead atoms. The third-order valence-electron chi connectivity index (χ3n) is 4.98. The van der Waals surface area contributed by atoms with Crippen molar-refractivity contribution in [3.63, 3.8) is 0 Å². The van der Waals surface area contributed by atoms with Gasteiger partial charge in [0.2, 0.25) is 0 Å². The number of halogens is 1. The van der Waals surface area contributed by atoms with Crippen LogP contribution in [0.3, 0.4) is 0 Å². The third kappa shape index (κ3) is 3.27. The molecule has 2 aromatic carbocycles. The Kier molecular flexibility index (Phi) is 4.44. The number of benzene rings is 2. The van der Waals surface area contributed by atoms with Gasteiger partial charge in [0.25, 0.3) is 0 Å². The van der Waals surface area contributed by atoms with Crippen molar-refractivity contribution in [1.29, 1.82) is 0 Å². The Hall–Kier alpha value is -1.99. The summed E-state index contributed by atoms with van der Waals surface area (Å²) in [4.78, 5) is 0. The number of nitrogens with zero attached hydrogens (tertiary/aromatic N) is 1. The van der Waals surface area contributed by atoms with Gasteiger partial charge in [0, 0.05) is 29.4 Å². The van der Waals surface area contributed by atoms with Crippen molar-refractivity contribution in [3.8, 4) is 0 Å². The highest BCUT2D eigenvalue weighted by Crippen LogP contribution is 2.27. The van der Waals surface area contributed by atoms with E-state index in [2.05, 4.69) is 53.1 Å². The fourth-order valence-corrected chi connectivity index (χ4v) is 3.88. The highest BCUT2D eigenvalue weighted by molar-refractivity contribution is 6.30. The summed E-state index contributed by atoms with van der Waals surface area (Å²) < 4.78 is 2.55. The summed E-state index contributed by atoms with van der Waals surface area (Å²) in [6.07, 6.45) is 6.04. The predicted octanol–water partition coefficient (Wildman–Crippen LogP) is 5.66. The van der Waals surface area contributed by atoms with E-state index in [0.717, 1.165) is 18.0 Å². The van der Waals surface area contributed by atoms with Crippen LogP contribution < -0.4 is 0 Å². The van der Waals surface area contributed by atoms with Gasteiger partial charge in [-0.25, -0.2) is 0 Å². The lowest BCUT2D eigenvalue weighted by Crippen LogP contribution is -2.11. The highest BCUT2D eigenvalue weighted by atomic mass is 35.5. The second-order valence-electron chi connectivity index (χ2n) is 6.69. The molecule has 3 aromatic rings. The average Bonchev–Trinajstić information content (AvgIpc) is 2.95. The SMILES string of the molecule is Clc1ccc(Cc2cc3c(n2Cc2ccccc2)CCCC3)cc1. The topological polar surface area (TPSA) is 4.93 Å². The Morgan fingerprint density at radius 2 is 1.58 bits per heavy atom. The lowest BCUT2D eigenvalue weighted by atomic mass is 9.98. The molecule has 4 rings (SSSR count). The lowest BCUT2D eigenvalue weighted by Gasteiger charge is -2.17. The Morgan fingerprint density at radius 1 is 0.833 bits per heavy atom. The highest BCUT2D eigenvalue weighted by Gasteiger charge is 2.18. The Morgan fingerprint density at radius 3 is 2.38 bits per heavy atom. The van der Waals surface area contributed by atoms with Gasteiger partial charge in [-0.3, -0.25) is 0 Å². The molecule has 0 N–H and O–H groups in total. The monoisotopic (exact) mass is 335 g/mol. The Bertz CT molecular complexity index is 815. The van der Waals surface area contributed by atoms with Gasteiger partial charge in [-0.15, -0.1) is 0 Å². The van der Waals surface area contributed by atoms with Crippen LogP contribution >= 0.6 is 11.6 Å². The number of fused-ring (bicyclic) bond motifs is 1. The fourth-order valence-electron chi connectivity index (χ4n) is 3.75. The zero-order chi connectivity index (χ0) is 16.4. The van der Waals surface area contributed by atoms with Crippen LogP contribution in [0.4, 0.5) is 0 Å². The molecule has 1 aliphatic carbocycles. The second-order valence-corrected chi connectivity index (χ2v) is 7.13. The molecule has 0 fully saturated rings. The first-order valence-electron chi connectivity index (χ1n) is 8.78. The molecular formula is C22H22ClN. The summed E-state index contributed by atoms with van der Waals surface area (Å²) in [5.74, 6) is 0. The van der Waals surface area contributed by atoms with Crippen LogP contribution in [0.5, 0.6) is 0 Å². The van der Waals surface area contributed by atoms with Crippen LogP contribution in [0.2, 0.25) is 5.02 Å². The summed E-state index contributed by atoms with van der Waals surface area (Å²) in [7, 11) is 0. The fraction of sp³-hybridized carbons (Fsp3) is 0.273. The van der Waals surface area contributed by atoms with Crippen LogP contribution in [0.25, 0.3) is 0 Å². The number of rotatable bonds is 4. The molecule has 1 heterocycles. The van der Waals surface area contributed by atoms with E-state index in [1.165, 1.54) is 42.5 Å². The van der Waals surface area contributed by atoms with E-state index in [1.54, 1.807) is 11.3 Å². The molecule has 1 aromatic heterocycles. The molecule has 2 heteroatoms. The number of aryl methyl sites for hydroxylation is 1. The smallest absolute Gasteiger partial charge is 0.0475 e. The molecule has 0 unspecified atom stereocenters. The summed E-state index contributed by atoms with van der Waals surface area (Å²) >= 11 is 6.03. The number of hydrogen-bond donors (Lipinski definition) is 0. The van der Waals surface area contributed by atoms with Crippen molar-refractivity contribution in [2.24, 2.45) is 0 Å². The van der Waals surface area contributed by atoms with Gasteiger partial charge in [-0.1, -0.05) is 54.1 Å². The van der Waals surface area contributed by atoms with Gasteiger partial charge < -0.3 is 4.57 Å². The van der Waals surface area contributed by atoms with E-state index >= 15 is 0 Å². The molecule has 1 aliphatic rings. The third-order valence-corrected chi connectivity index (χ3v) is 5.23. The average molecular weight is 336 g/mol.